The molecule has 1 N–H and O–H groups in total. The Morgan fingerprint density at radius 2 is 2.23 bits per heavy atom. The Labute approximate surface area is 132 Å². The van der Waals surface area contributed by atoms with Crippen molar-refractivity contribution < 1.29 is 9.18 Å². The smallest absolute Gasteiger partial charge is 0.234 e. The van der Waals surface area contributed by atoms with Crippen LogP contribution in [0.1, 0.15) is 18.4 Å². The van der Waals surface area contributed by atoms with Crippen molar-refractivity contribution in [2.24, 2.45) is 5.92 Å². The SMILES string of the molecule is CN(CC(=O)NC[C@H]1CCCN(C)C1)Cc1ccccc1F. The Bertz CT molecular complexity index is 495. The van der Waals surface area contributed by atoms with E-state index in [1.807, 2.05) is 18.0 Å². The van der Waals surface area contributed by atoms with Crippen LogP contribution in [0.2, 0.25) is 0 Å². The summed E-state index contributed by atoms with van der Waals surface area (Å²) in [6.45, 7) is 3.65. The van der Waals surface area contributed by atoms with E-state index in [1.54, 1.807) is 12.1 Å². The molecule has 122 valence electrons. The number of halogens is 1. The minimum absolute atomic E-state index is 0.00654. The number of nitrogens with zero attached hydrogens (tertiary/aromatic N) is 2. The van der Waals surface area contributed by atoms with Crippen LogP contribution in [0.4, 0.5) is 4.39 Å². The summed E-state index contributed by atoms with van der Waals surface area (Å²) in [5, 5.41) is 3.00. The topological polar surface area (TPSA) is 35.6 Å². The lowest BCUT2D eigenvalue weighted by Gasteiger charge is -2.29. The summed E-state index contributed by atoms with van der Waals surface area (Å²) < 4.78 is 13.6. The highest BCUT2D eigenvalue weighted by molar-refractivity contribution is 5.77. The zero-order valence-corrected chi connectivity index (χ0v) is 13.5. The number of benzene rings is 1. The van der Waals surface area contributed by atoms with Crippen LogP contribution >= 0.6 is 0 Å². The van der Waals surface area contributed by atoms with Gasteiger partial charge in [-0.1, -0.05) is 18.2 Å². The fourth-order valence-electron chi connectivity index (χ4n) is 2.97. The maximum atomic E-state index is 13.6. The molecule has 1 fully saturated rings. The number of likely N-dealkylation sites (tertiary alicyclic amines) is 1. The second kappa shape index (κ2) is 8.25. The van der Waals surface area contributed by atoms with Crippen molar-refractivity contribution in [1.29, 1.82) is 0 Å². The van der Waals surface area contributed by atoms with Crippen molar-refractivity contribution >= 4 is 5.91 Å². The number of piperidine rings is 1. The van der Waals surface area contributed by atoms with Gasteiger partial charge in [0.15, 0.2) is 0 Å². The fraction of sp³-hybridized carbons (Fsp3) is 0.588. The first-order chi connectivity index (χ1) is 10.5. The highest BCUT2D eigenvalue weighted by Crippen LogP contribution is 2.14. The predicted octanol–water partition coefficient (Wildman–Crippen LogP) is 1.72. The normalized spacial score (nSPS) is 19.4. The number of carbonyl (C=O) groups is 1. The summed E-state index contributed by atoms with van der Waals surface area (Å²) in [5.41, 5.74) is 0.617. The van der Waals surface area contributed by atoms with Gasteiger partial charge in [0.25, 0.3) is 0 Å². The van der Waals surface area contributed by atoms with Crippen LogP contribution in [-0.4, -0.2) is 56.0 Å². The molecule has 0 aliphatic carbocycles. The number of nitrogens with one attached hydrogen (secondary N) is 1. The van der Waals surface area contributed by atoms with Gasteiger partial charge in [-0.05, 0) is 45.5 Å². The van der Waals surface area contributed by atoms with Crippen LogP contribution in [0.5, 0.6) is 0 Å². The molecule has 1 atom stereocenters. The maximum absolute atomic E-state index is 13.6. The minimum atomic E-state index is -0.222. The Morgan fingerprint density at radius 1 is 1.45 bits per heavy atom. The van der Waals surface area contributed by atoms with Crippen molar-refractivity contribution in [3.8, 4) is 0 Å². The van der Waals surface area contributed by atoms with Gasteiger partial charge in [0.05, 0.1) is 6.54 Å². The minimum Gasteiger partial charge on any atom is -0.355 e. The summed E-state index contributed by atoms with van der Waals surface area (Å²) in [7, 11) is 3.95. The van der Waals surface area contributed by atoms with Crippen LogP contribution in [0.15, 0.2) is 24.3 Å². The largest absolute Gasteiger partial charge is 0.355 e. The van der Waals surface area contributed by atoms with Gasteiger partial charge in [-0.25, -0.2) is 4.39 Å². The summed E-state index contributed by atoms with van der Waals surface area (Å²) in [6, 6.07) is 6.68. The Morgan fingerprint density at radius 3 is 2.95 bits per heavy atom. The molecule has 1 aromatic carbocycles. The quantitative estimate of drug-likeness (QED) is 0.869. The second-order valence-corrected chi connectivity index (χ2v) is 6.34. The van der Waals surface area contributed by atoms with E-state index in [0.717, 1.165) is 19.6 Å². The molecular formula is C17H26FN3O. The molecule has 2 rings (SSSR count). The lowest BCUT2D eigenvalue weighted by molar-refractivity contribution is -0.122. The van der Waals surface area contributed by atoms with Crippen molar-refractivity contribution in [1.82, 2.24) is 15.1 Å². The van der Waals surface area contributed by atoms with E-state index < -0.39 is 0 Å². The number of hydrogen-bond acceptors (Lipinski definition) is 3. The van der Waals surface area contributed by atoms with Gasteiger partial charge in [0.2, 0.25) is 5.91 Å². The lowest BCUT2D eigenvalue weighted by atomic mass is 9.98. The van der Waals surface area contributed by atoms with Gasteiger partial charge in [0, 0.05) is 25.2 Å². The second-order valence-electron chi connectivity index (χ2n) is 6.34. The molecule has 0 aromatic heterocycles. The molecule has 5 heteroatoms. The van der Waals surface area contributed by atoms with E-state index in [9.17, 15) is 9.18 Å². The summed E-state index contributed by atoms with van der Waals surface area (Å²) in [5.74, 6) is 0.326. The van der Waals surface area contributed by atoms with Crippen molar-refractivity contribution in [3.63, 3.8) is 0 Å². The van der Waals surface area contributed by atoms with Gasteiger partial charge in [-0.15, -0.1) is 0 Å². The zero-order valence-electron chi connectivity index (χ0n) is 13.5. The molecule has 0 saturated carbocycles. The first-order valence-electron chi connectivity index (χ1n) is 7.92. The van der Waals surface area contributed by atoms with Crippen LogP contribution in [0.3, 0.4) is 0 Å². The highest BCUT2D eigenvalue weighted by Gasteiger charge is 2.18. The Balaban J connectivity index is 1.71. The summed E-state index contributed by atoms with van der Waals surface area (Å²) in [4.78, 5) is 16.1. The molecule has 1 aliphatic heterocycles. The number of amides is 1. The molecule has 0 radical (unpaired) electrons. The lowest BCUT2D eigenvalue weighted by Crippen LogP contribution is -2.41. The molecule has 1 heterocycles. The van der Waals surface area contributed by atoms with E-state index >= 15 is 0 Å². The van der Waals surface area contributed by atoms with E-state index in [2.05, 4.69) is 17.3 Å². The Kier molecular flexibility index (Phi) is 6.34. The third kappa shape index (κ3) is 5.39. The molecule has 22 heavy (non-hydrogen) atoms. The third-order valence-electron chi connectivity index (χ3n) is 4.12. The van der Waals surface area contributed by atoms with Gasteiger partial charge < -0.3 is 10.2 Å². The molecule has 1 aliphatic rings. The molecule has 0 bridgehead atoms. The highest BCUT2D eigenvalue weighted by atomic mass is 19.1. The number of rotatable bonds is 6. The van der Waals surface area contributed by atoms with E-state index in [4.69, 9.17) is 0 Å². The summed E-state index contributed by atoms with van der Waals surface area (Å²) in [6.07, 6.45) is 2.37. The molecule has 1 aromatic rings. The molecular weight excluding hydrogens is 281 g/mol. The number of hydrogen-bond donors (Lipinski definition) is 1. The average molecular weight is 307 g/mol. The predicted molar refractivity (Wildman–Crippen MR) is 86.0 cm³/mol. The van der Waals surface area contributed by atoms with Crippen molar-refractivity contribution in [2.75, 3.05) is 40.3 Å². The van der Waals surface area contributed by atoms with Gasteiger partial charge in [0.1, 0.15) is 5.82 Å². The molecule has 1 amide bonds. The summed E-state index contributed by atoms with van der Waals surface area (Å²) >= 11 is 0. The van der Waals surface area contributed by atoms with E-state index in [0.29, 0.717) is 18.0 Å². The molecule has 4 nitrogen and oxygen atoms in total. The number of likely N-dealkylation sites (N-methyl/N-ethyl adjacent to an activating group) is 1. The van der Waals surface area contributed by atoms with Crippen LogP contribution in [-0.2, 0) is 11.3 Å². The van der Waals surface area contributed by atoms with Gasteiger partial charge >= 0.3 is 0 Å². The maximum Gasteiger partial charge on any atom is 0.234 e. The monoisotopic (exact) mass is 307 g/mol. The first kappa shape index (κ1) is 16.9. The van der Waals surface area contributed by atoms with Crippen molar-refractivity contribution in [2.45, 2.75) is 19.4 Å². The standard InChI is InChI=1S/C17H26FN3O/c1-20-9-5-6-14(11-20)10-19-17(22)13-21(2)12-15-7-3-4-8-16(15)18/h3-4,7-8,14H,5-6,9-13H2,1-2H3,(H,19,22)/t14-/m1/s1. The zero-order chi connectivity index (χ0) is 15.9. The molecule has 0 spiro atoms. The fourth-order valence-corrected chi connectivity index (χ4v) is 2.97. The first-order valence-corrected chi connectivity index (χ1v) is 7.92. The van der Waals surface area contributed by atoms with Gasteiger partial charge in [-0.3, -0.25) is 9.69 Å². The molecule has 0 unspecified atom stereocenters. The van der Waals surface area contributed by atoms with Crippen molar-refractivity contribution in [3.05, 3.63) is 35.6 Å². The van der Waals surface area contributed by atoms with Crippen LogP contribution < -0.4 is 5.32 Å². The Hall–Kier alpha value is -1.46. The third-order valence-corrected chi connectivity index (χ3v) is 4.12. The van der Waals surface area contributed by atoms with Crippen LogP contribution in [0, 0.1) is 11.7 Å². The van der Waals surface area contributed by atoms with E-state index in [-0.39, 0.29) is 18.3 Å². The number of carbonyl (C=O) groups excluding carboxylic acids is 1. The average Bonchev–Trinajstić information content (AvgIpc) is 2.47. The van der Waals surface area contributed by atoms with E-state index in [1.165, 1.54) is 18.9 Å². The molecule has 1 saturated heterocycles. The van der Waals surface area contributed by atoms with Crippen LogP contribution in [0.25, 0.3) is 0 Å². The van der Waals surface area contributed by atoms with Gasteiger partial charge in [-0.2, -0.15) is 0 Å².